The molecular formula is C19H16ClNO3. The van der Waals surface area contributed by atoms with E-state index >= 15 is 0 Å². The molecule has 0 fully saturated rings. The Hall–Kier alpha value is -2.59. The molecule has 1 amide bonds. The summed E-state index contributed by atoms with van der Waals surface area (Å²) in [5.41, 5.74) is 1.89. The third-order valence-corrected chi connectivity index (χ3v) is 3.90. The third kappa shape index (κ3) is 3.49. The Morgan fingerprint density at radius 3 is 2.58 bits per heavy atom. The minimum atomic E-state index is -0.466. The zero-order valence-corrected chi connectivity index (χ0v) is 13.9. The van der Waals surface area contributed by atoms with Gasteiger partial charge in [-0.15, -0.1) is 0 Å². The van der Waals surface area contributed by atoms with E-state index in [2.05, 4.69) is 12.2 Å². The number of carbonyl (C=O) groups excluding carboxylic acids is 1. The van der Waals surface area contributed by atoms with Gasteiger partial charge in [-0.1, -0.05) is 37.1 Å². The van der Waals surface area contributed by atoms with Crippen molar-refractivity contribution in [1.82, 2.24) is 0 Å². The van der Waals surface area contributed by atoms with Gasteiger partial charge in [0.1, 0.15) is 5.58 Å². The maximum atomic E-state index is 12.3. The molecule has 0 bridgehead atoms. The number of fused-ring (bicyclic) bond motifs is 1. The van der Waals surface area contributed by atoms with Gasteiger partial charge in [0.05, 0.1) is 5.39 Å². The van der Waals surface area contributed by atoms with Crippen molar-refractivity contribution in [3.8, 4) is 0 Å². The van der Waals surface area contributed by atoms with Crippen LogP contribution in [-0.2, 0) is 6.42 Å². The van der Waals surface area contributed by atoms with Gasteiger partial charge < -0.3 is 9.73 Å². The third-order valence-electron chi connectivity index (χ3n) is 3.66. The van der Waals surface area contributed by atoms with Gasteiger partial charge >= 0.3 is 0 Å². The monoisotopic (exact) mass is 341 g/mol. The number of halogens is 1. The van der Waals surface area contributed by atoms with E-state index in [4.69, 9.17) is 16.0 Å². The summed E-state index contributed by atoms with van der Waals surface area (Å²) < 4.78 is 5.52. The minimum absolute atomic E-state index is 0.0348. The van der Waals surface area contributed by atoms with Crippen molar-refractivity contribution < 1.29 is 9.21 Å². The van der Waals surface area contributed by atoms with E-state index in [9.17, 15) is 9.59 Å². The van der Waals surface area contributed by atoms with Crippen LogP contribution >= 0.6 is 11.6 Å². The second kappa shape index (κ2) is 6.89. The lowest BCUT2D eigenvalue weighted by Crippen LogP contribution is -2.15. The van der Waals surface area contributed by atoms with Gasteiger partial charge in [-0.3, -0.25) is 9.59 Å². The summed E-state index contributed by atoms with van der Waals surface area (Å²) in [6, 6.07) is 13.5. The van der Waals surface area contributed by atoms with E-state index in [0.29, 0.717) is 21.7 Å². The molecule has 122 valence electrons. The fourth-order valence-electron chi connectivity index (χ4n) is 2.48. The summed E-state index contributed by atoms with van der Waals surface area (Å²) in [4.78, 5) is 24.4. The molecular weight excluding hydrogens is 326 g/mol. The van der Waals surface area contributed by atoms with E-state index in [-0.39, 0.29) is 11.2 Å². The zero-order valence-electron chi connectivity index (χ0n) is 13.1. The number of hydrogen-bond acceptors (Lipinski definition) is 3. The molecule has 0 radical (unpaired) electrons. The lowest BCUT2D eigenvalue weighted by molar-refractivity contribution is 0.0997. The average molecular weight is 342 g/mol. The van der Waals surface area contributed by atoms with Crippen molar-refractivity contribution in [2.75, 3.05) is 5.32 Å². The van der Waals surface area contributed by atoms with Gasteiger partial charge in [-0.05, 0) is 42.3 Å². The second-order valence-corrected chi connectivity index (χ2v) is 5.95. The molecule has 4 nitrogen and oxygen atoms in total. The Labute approximate surface area is 144 Å². The second-order valence-electron chi connectivity index (χ2n) is 5.52. The maximum Gasteiger partial charge on any atom is 0.291 e. The van der Waals surface area contributed by atoms with Crippen LogP contribution in [0.4, 0.5) is 5.69 Å². The topological polar surface area (TPSA) is 59.3 Å². The zero-order chi connectivity index (χ0) is 17.1. The summed E-state index contributed by atoms with van der Waals surface area (Å²) in [6.45, 7) is 2.12. The molecule has 0 spiro atoms. The highest BCUT2D eigenvalue weighted by molar-refractivity contribution is 6.31. The van der Waals surface area contributed by atoms with E-state index in [1.165, 1.54) is 17.7 Å². The summed E-state index contributed by atoms with van der Waals surface area (Å²) >= 11 is 5.88. The van der Waals surface area contributed by atoms with Gasteiger partial charge in [0.15, 0.2) is 11.2 Å². The number of carbonyl (C=O) groups is 1. The van der Waals surface area contributed by atoms with E-state index in [1.54, 1.807) is 12.1 Å². The van der Waals surface area contributed by atoms with Crippen molar-refractivity contribution >= 4 is 34.2 Å². The maximum absolute atomic E-state index is 12.3. The molecule has 0 atom stereocenters. The van der Waals surface area contributed by atoms with Gasteiger partial charge in [0, 0.05) is 16.8 Å². The van der Waals surface area contributed by atoms with Crippen molar-refractivity contribution in [3.05, 3.63) is 75.1 Å². The number of hydrogen-bond donors (Lipinski definition) is 1. The van der Waals surface area contributed by atoms with Crippen LogP contribution in [0.3, 0.4) is 0 Å². The van der Waals surface area contributed by atoms with Gasteiger partial charge in [-0.25, -0.2) is 0 Å². The number of rotatable bonds is 4. The Morgan fingerprint density at radius 2 is 1.88 bits per heavy atom. The molecule has 0 saturated heterocycles. The molecule has 2 aromatic carbocycles. The first-order chi connectivity index (χ1) is 11.6. The molecule has 0 aliphatic heterocycles. The van der Waals surface area contributed by atoms with E-state index in [0.717, 1.165) is 12.8 Å². The van der Waals surface area contributed by atoms with Crippen LogP contribution in [0.2, 0.25) is 5.02 Å². The smallest absolute Gasteiger partial charge is 0.291 e. The molecule has 0 aliphatic carbocycles. The number of nitrogens with one attached hydrogen (secondary N) is 1. The van der Waals surface area contributed by atoms with E-state index in [1.807, 2.05) is 24.3 Å². The number of benzene rings is 2. The Kier molecular flexibility index (Phi) is 4.67. The number of aryl methyl sites for hydroxylation is 1. The van der Waals surface area contributed by atoms with Gasteiger partial charge in [-0.2, -0.15) is 0 Å². The fraction of sp³-hybridized carbons (Fsp3) is 0.158. The van der Waals surface area contributed by atoms with Crippen molar-refractivity contribution in [2.24, 2.45) is 0 Å². The Bertz CT molecular complexity index is 945. The predicted molar refractivity (Wildman–Crippen MR) is 95.9 cm³/mol. The first-order valence-electron chi connectivity index (χ1n) is 7.70. The highest BCUT2D eigenvalue weighted by atomic mass is 35.5. The summed E-state index contributed by atoms with van der Waals surface area (Å²) in [5.74, 6) is -0.500. The van der Waals surface area contributed by atoms with Crippen LogP contribution in [0, 0.1) is 0 Å². The summed E-state index contributed by atoms with van der Waals surface area (Å²) in [5, 5.41) is 3.53. The molecule has 0 saturated carbocycles. The largest absolute Gasteiger partial charge is 0.451 e. The molecule has 0 aliphatic rings. The number of amides is 1. The molecule has 5 heteroatoms. The number of anilines is 1. The standard InChI is InChI=1S/C19H16ClNO3/c1-2-3-12-4-7-14(8-5-12)21-19(23)18-11-16(22)15-10-13(20)6-9-17(15)24-18/h4-11H,2-3H2,1H3,(H,21,23). The Balaban J connectivity index is 1.86. The first kappa shape index (κ1) is 16.3. The summed E-state index contributed by atoms with van der Waals surface area (Å²) in [7, 11) is 0. The highest BCUT2D eigenvalue weighted by Crippen LogP contribution is 2.18. The average Bonchev–Trinajstić information content (AvgIpc) is 2.57. The van der Waals surface area contributed by atoms with Crippen LogP contribution in [-0.4, -0.2) is 5.91 Å². The molecule has 3 rings (SSSR count). The molecule has 0 unspecified atom stereocenters. The lowest BCUT2D eigenvalue weighted by Gasteiger charge is -2.06. The van der Waals surface area contributed by atoms with Crippen LogP contribution < -0.4 is 10.7 Å². The normalized spacial score (nSPS) is 10.8. The minimum Gasteiger partial charge on any atom is -0.451 e. The molecule has 1 N–H and O–H groups in total. The highest BCUT2D eigenvalue weighted by Gasteiger charge is 2.13. The van der Waals surface area contributed by atoms with E-state index < -0.39 is 5.91 Å². The van der Waals surface area contributed by atoms with Crippen LogP contribution in [0.15, 0.2) is 57.7 Å². The van der Waals surface area contributed by atoms with Crippen LogP contribution in [0.1, 0.15) is 29.5 Å². The van der Waals surface area contributed by atoms with Gasteiger partial charge in [0.25, 0.3) is 5.91 Å². The predicted octanol–water partition coefficient (Wildman–Crippen LogP) is 4.65. The SMILES string of the molecule is CCCc1ccc(NC(=O)c2cc(=O)c3cc(Cl)ccc3o2)cc1. The van der Waals surface area contributed by atoms with Crippen molar-refractivity contribution in [2.45, 2.75) is 19.8 Å². The molecule has 1 aromatic heterocycles. The fourth-order valence-corrected chi connectivity index (χ4v) is 2.65. The van der Waals surface area contributed by atoms with Crippen molar-refractivity contribution in [3.63, 3.8) is 0 Å². The van der Waals surface area contributed by atoms with Crippen LogP contribution in [0.25, 0.3) is 11.0 Å². The Morgan fingerprint density at radius 1 is 1.12 bits per heavy atom. The summed E-state index contributed by atoms with van der Waals surface area (Å²) in [6.07, 6.45) is 2.06. The first-order valence-corrected chi connectivity index (χ1v) is 8.08. The molecule has 24 heavy (non-hydrogen) atoms. The van der Waals surface area contributed by atoms with Crippen LogP contribution in [0.5, 0.6) is 0 Å². The van der Waals surface area contributed by atoms with Gasteiger partial charge in [0.2, 0.25) is 0 Å². The van der Waals surface area contributed by atoms with Crippen molar-refractivity contribution in [1.29, 1.82) is 0 Å². The quantitative estimate of drug-likeness (QED) is 0.751. The molecule has 3 aromatic rings. The molecule has 1 heterocycles. The lowest BCUT2D eigenvalue weighted by atomic mass is 10.1.